The van der Waals surface area contributed by atoms with Crippen LogP contribution in [0.5, 0.6) is 0 Å². The molecule has 0 saturated heterocycles. The van der Waals surface area contributed by atoms with Gasteiger partial charge in [0.25, 0.3) is 5.91 Å². The number of nitrogens with one attached hydrogen (secondary N) is 1. The number of amides is 1. The first-order valence-electron chi connectivity index (χ1n) is 8.24. The minimum Gasteiger partial charge on any atom is -0.460 e. The Hall–Kier alpha value is -3.54. The number of hydrogen-bond acceptors (Lipinski definition) is 3. The lowest BCUT2D eigenvalue weighted by molar-refractivity contribution is 0.102. The Morgan fingerprint density at radius 2 is 1.81 bits per heavy atom. The predicted octanol–water partition coefficient (Wildman–Crippen LogP) is 5.33. The molecule has 1 amide bonds. The molecule has 0 fully saturated rings. The SMILES string of the molecule is Cc1ccc(-c2cc(C(=O)Nc3ccc(F)c(F)c3)c3ccccc3n2)o1. The van der Waals surface area contributed by atoms with Gasteiger partial charge in [-0.25, -0.2) is 13.8 Å². The smallest absolute Gasteiger partial charge is 0.256 e. The van der Waals surface area contributed by atoms with Gasteiger partial charge in [0.2, 0.25) is 0 Å². The van der Waals surface area contributed by atoms with Crippen molar-refractivity contribution < 1.29 is 18.0 Å². The van der Waals surface area contributed by atoms with Crippen LogP contribution in [-0.4, -0.2) is 10.9 Å². The summed E-state index contributed by atoms with van der Waals surface area (Å²) in [5.41, 5.74) is 1.65. The second-order valence-corrected chi connectivity index (χ2v) is 6.07. The molecule has 2 heterocycles. The number of nitrogens with zero attached hydrogens (tertiary/aromatic N) is 1. The minimum absolute atomic E-state index is 0.162. The van der Waals surface area contributed by atoms with Gasteiger partial charge < -0.3 is 9.73 Å². The average molecular weight is 364 g/mol. The number of benzene rings is 2. The van der Waals surface area contributed by atoms with Crippen LogP contribution in [0.2, 0.25) is 0 Å². The third-order valence-corrected chi connectivity index (χ3v) is 4.13. The predicted molar refractivity (Wildman–Crippen MR) is 98.5 cm³/mol. The number of carbonyl (C=O) groups excluding carboxylic acids is 1. The highest BCUT2D eigenvalue weighted by Crippen LogP contribution is 2.27. The van der Waals surface area contributed by atoms with Crippen molar-refractivity contribution in [3.05, 3.63) is 83.6 Å². The van der Waals surface area contributed by atoms with E-state index in [-0.39, 0.29) is 5.69 Å². The summed E-state index contributed by atoms with van der Waals surface area (Å²) < 4.78 is 32.1. The monoisotopic (exact) mass is 364 g/mol. The topological polar surface area (TPSA) is 55.1 Å². The Labute approximate surface area is 153 Å². The number of aryl methyl sites for hydroxylation is 1. The van der Waals surface area contributed by atoms with Gasteiger partial charge in [0.1, 0.15) is 11.5 Å². The maximum Gasteiger partial charge on any atom is 0.256 e. The fourth-order valence-corrected chi connectivity index (χ4v) is 2.83. The minimum atomic E-state index is -1.03. The highest BCUT2D eigenvalue weighted by molar-refractivity contribution is 6.13. The van der Waals surface area contributed by atoms with Gasteiger partial charge >= 0.3 is 0 Å². The molecule has 27 heavy (non-hydrogen) atoms. The fourth-order valence-electron chi connectivity index (χ4n) is 2.83. The van der Waals surface area contributed by atoms with Crippen molar-refractivity contribution in [3.8, 4) is 11.5 Å². The molecule has 0 radical (unpaired) electrons. The highest BCUT2D eigenvalue weighted by Gasteiger charge is 2.16. The van der Waals surface area contributed by atoms with Crippen LogP contribution in [0.3, 0.4) is 0 Å². The molecule has 0 bridgehead atoms. The molecule has 1 N–H and O–H groups in total. The summed E-state index contributed by atoms with van der Waals surface area (Å²) in [7, 11) is 0. The van der Waals surface area contributed by atoms with Gasteiger partial charge in [-0.3, -0.25) is 4.79 Å². The van der Waals surface area contributed by atoms with Gasteiger partial charge in [0.05, 0.1) is 11.1 Å². The van der Waals surface area contributed by atoms with Gasteiger partial charge in [-0.2, -0.15) is 0 Å². The van der Waals surface area contributed by atoms with Gasteiger partial charge in [-0.05, 0) is 43.3 Å². The Balaban J connectivity index is 1.79. The third kappa shape index (κ3) is 3.29. The summed E-state index contributed by atoms with van der Waals surface area (Å²) in [5.74, 6) is -1.19. The van der Waals surface area contributed by atoms with Crippen LogP contribution >= 0.6 is 0 Å². The van der Waals surface area contributed by atoms with Gasteiger partial charge in [0, 0.05) is 17.1 Å². The summed E-state index contributed by atoms with van der Waals surface area (Å²) in [6.07, 6.45) is 0. The number of pyridine rings is 1. The molecule has 0 aliphatic rings. The zero-order chi connectivity index (χ0) is 19.0. The number of halogens is 2. The van der Waals surface area contributed by atoms with E-state index in [2.05, 4.69) is 10.3 Å². The number of fused-ring (bicyclic) bond motifs is 1. The Morgan fingerprint density at radius 3 is 2.56 bits per heavy atom. The van der Waals surface area contributed by atoms with Crippen LogP contribution in [0.1, 0.15) is 16.1 Å². The Bertz CT molecular complexity index is 1170. The largest absolute Gasteiger partial charge is 0.460 e. The van der Waals surface area contributed by atoms with Crippen molar-refractivity contribution in [2.75, 3.05) is 5.32 Å². The first-order chi connectivity index (χ1) is 13.0. The van der Waals surface area contributed by atoms with Gasteiger partial charge in [0.15, 0.2) is 17.4 Å². The van der Waals surface area contributed by atoms with E-state index in [9.17, 15) is 13.6 Å². The quantitative estimate of drug-likeness (QED) is 0.534. The van der Waals surface area contributed by atoms with Crippen molar-refractivity contribution in [1.82, 2.24) is 4.98 Å². The van der Waals surface area contributed by atoms with Gasteiger partial charge in [-0.1, -0.05) is 18.2 Å². The molecule has 0 aliphatic carbocycles. The summed E-state index contributed by atoms with van der Waals surface area (Å²) >= 11 is 0. The normalized spacial score (nSPS) is 10.9. The van der Waals surface area contributed by atoms with Crippen LogP contribution in [0.15, 0.2) is 65.1 Å². The van der Waals surface area contributed by atoms with Gasteiger partial charge in [-0.15, -0.1) is 0 Å². The second-order valence-electron chi connectivity index (χ2n) is 6.07. The van der Waals surface area contributed by atoms with E-state index in [0.29, 0.717) is 27.9 Å². The number of hydrogen-bond donors (Lipinski definition) is 1. The summed E-state index contributed by atoms with van der Waals surface area (Å²) in [6, 6.07) is 15.6. The standard InChI is InChI=1S/C21H14F2N2O2/c1-12-6-9-20(27-12)19-11-15(14-4-2-3-5-18(14)25-19)21(26)24-13-7-8-16(22)17(23)10-13/h2-11H,1H3,(H,24,26). The van der Waals surface area contributed by atoms with E-state index < -0.39 is 17.5 Å². The highest BCUT2D eigenvalue weighted by atomic mass is 19.2. The zero-order valence-corrected chi connectivity index (χ0v) is 14.3. The number of rotatable bonds is 3. The van der Waals surface area contributed by atoms with Crippen molar-refractivity contribution in [2.24, 2.45) is 0 Å². The van der Waals surface area contributed by atoms with Crippen LogP contribution in [0, 0.1) is 18.6 Å². The molecule has 4 nitrogen and oxygen atoms in total. The zero-order valence-electron chi connectivity index (χ0n) is 14.3. The van der Waals surface area contributed by atoms with E-state index in [1.54, 1.807) is 30.3 Å². The van der Waals surface area contributed by atoms with Crippen LogP contribution in [-0.2, 0) is 0 Å². The van der Waals surface area contributed by atoms with Crippen LogP contribution in [0.25, 0.3) is 22.4 Å². The number of anilines is 1. The molecule has 0 saturated carbocycles. The van der Waals surface area contributed by atoms with E-state index in [4.69, 9.17) is 4.42 Å². The molecule has 4 rings (SSSR count). The van der Waals surface area contributed by atoms with Crippen molar-refractivity contribution in [1.29, 1.82) is 0 Å². The fraction of sp³-hybridized carbons (Fsp3) is 0.0476. The molecule has 6 heteroatoms. The Kier molecular flexibility index (Phi) is 4.16. The number of furan rings is 1. The van der Waals surface area contributed by atoms with Crippen molar-refractivity contribution >= 4 is 22.5 Å². The van der Waals surface area contributed by atoms with Crippen molar-refractivity contribution in [3.63, 3.8) is 0 Å². The number of para-hydroxylation sites is 1. The molecular weight excluding hydrogens is 350 g/mol. The van der Waals surface area contributed by atoms with Crippen LogP contribution < -0.4 is 5.32 Å². The molecule has 2 aromatic carbocycles. The molecular formula is C21H14F2N2O2. The molecule has 134 valence electrons. The van der Waals surface area contributed by atoms with E-state index in [1.807, 2.05) is 19.1 Å². The lowest BCUT2D eigenvalue weighted by atomic mass is 10.1. The van der Waals surface area contributed by atoms with E-state index in [0.717, 1.165) is 17.9 Å². The summed E-state index contributed by atoms with van der Waals surface area (Å²) in [4.78, 5) is 17.4. The first-order valence-corrected chi connectivity index (χ1v) is 8.24. The third-order valence-electron chi connectivity index (χ3n) is 4.13. The second kappa shape index (κ2) is 6.64. The number of carbonyl (C=O) groups is 1. The molecule has 0 aliphatic heterocycles. The van der Waals surface area contributed by atoms with Crippen molar-refractivity contribution in [2.45, 2.75) is 6.92 Å². The molecule has 0 unspecified atom stereocenters. The Morgan fingerprint density at radius 1 is 1.00 bits per heavy atom. The van der Waals surface area contributed by atoms with Crippen LogP contribution in [0.4, 0.5) is 14.5 Å². The average Bonchev–Trinajstić information content (AvgIpc) is 3.10. The van der Waals surface area contributed by atoms with E-state index in [1.165, 1.54) is 6.07 Å². The summed E-state index contributed by atoms with van der Waals surface area (Å²) in [5, 5.41) is 3.24. The lowest BCUT2D eigenvalue weighted by Crippen LogP contribution is -2.13. The molecule has 2 aromatic heterocycles. The first kappa shape index (κ1) is 16.9. The summed E-state index contributed by atoms with van der Waals surface area (Å²) in [6.45, 7) is 1.82. The maximum absolute atomic E-state index is 13.4. The number of aromatic nitrogens is 1. The van der Waals surface area contributed by atoms with E-state index >= 15 is 0 Å². The molecule has 0 atom stereocenters. The lowest BCUT2D eigenvalue weighted by Gasteiger charge is -2.10. The maximum atomic E-state index is 13.4. The molecule has 0 spiro atoms. The molecule has 4 aromatic rings.